The molecule has 30 heavy (non-hydrogen) atoms. The number of carbonyl (C=O) groups excluding carboxylic acids is 2. The highest BCUT2D eigenvalue weighted by Crippen LogP contribution is 2.24. The number of rotatable bonds is 5. The van der Waals surface area contributed by atoms with Gasteiger partial charge in [0, 0.05) is 24.3 Å². The number of nitrogens with one attached hydrogen (secondary N) is 1. The van der Waals surface area contributed by atoms with E-state index in [1.807, 2.05) is 0 Å². The summed E-state index contributed by atoms with van der Waals surface area (Å²) in [7, 11) is -2.45. The fraction of sp³-hybridized carbons (Fsp3) is 0.333. The van der Waals surface area contributed by atoms with Crippen LogP contribution in [0.1, 0.15) is 31.8 Å². The van der Waals surface area contributed by atoms with E-state index in [1.165, 1.54) is 17.5 Å². The molecular formula is C21H24N2O6S. The van der Waals surface area contributed by atoms with Crippen molar-refractivity contribution in [3.05, 3.63) is 58.7 Å². The average Bonchev–Trinajstić information content (AvgIpc) is 2.75. The zero-order valence-corrected chi connectivity index (χ0v) is 17.9. The van der Waals surface area contributed by atoms with Crippen LogP contribution in [0.5, 0.6) is 0 Å². The molecule has 0 radical (unpaired) electrons. The lowest BCUT2D eigenvalue weighted by molar-refractivity contribution is 0.0599. The Kier molecular flexibility index (Phi) is 6.55. The van der Waals surface area contributed by atoms with Gasteiger partial charge in [0.05, 0.1) is 30.8 Å². The van der Waals surface area contributed by atoms with Crippen LogP contribution in [-0.4, -0.2) is 58.0 Å². The van der Waals surface area contributed by atoms with Crippen molar-refractivity contribution in [1.82, 2.24) is 4.31 Å². The van der Waals surface area contributed by atoms with E-state index >= 15 is 0 Å². The molecule has 0 atom stereocenters. The molecule has 2 aromatic rings. The Hall–Kier alpha value is -2.75. The van der Waals surface area contributed by atoms with Gasteiger partial charge in [0.1, 0.15) is 0 Å². The number of anilines is 1. The van der Waals surface area contributed by atoms with E-state index < -0.39 is 21.9 Å². The molecule has 2 aromatic carbocycles. The molecule has 0 saturated carbocycles. The molecule has 0 aromatic heterocycles. The van der Waals surface area contributed by atoms with E-state index in [0.717, 1.165) is 0 Å². The van der Waals surface area contributed by atoms with Crippen LogP contribution >= 0.6 is 0 Å². The van der Waals surface area contributed by atoms with Gasteiger partial charge in [-0.25, -0.2) is 13.2 Å². The van der Waals surface area contributed by atoms with Crippen molar-refractivity contribution >= 4 is 27.6 Å². The van der Waals surface area contributed by atoms with Crippen LogP contribution in [0.3, 0.4) is 0 Å². The SMILES string of the molecule is COC(=O)c1cccc(NC(=O)c2ccc(C)c(S(=O)(=O)N3CCOCC3)c2)c1C. The minimum atomic E-state index is -3.74. The summed E-state index contributed by atoms with van der Waals surface area (Å²) in [5, 5.41) is 2.75. The van der Waals surface area contributed by atoms with Gasteiger partial charge >= 0.3 is 5.97 Å². The second kappa shape index (κ2) is 8.95. The second-order valence-electron chi connectivity index (χ2n) is 6.92. The summed E-state index contributed by atoms with van der Waals surface area (Å²) in [6.07, 6.45) is 0. The quantitative estimate of drug-likeness (QED) is 0.728. The predicted octanol–water partition coefficient (Wildman–Crippen LogP) is 2.36. The van der Waals surface area contributed by atoms with E-state index in [1.54, 1.807) is 44.2 Å². The zero-order chi connectivity index (χ0) is 21.9. The molecule has 1 amide bonds. The number of amides is 1. The Morgan fingerprint density at radius 2 is 1.80 bits per heavy atom. The van der Waals surface area contributed by atoms with Gasteiger partial charge in [-0.1, -0.05) is 12.1 Å². The summed E-state index contributed by atoms with van der Waals surface area (Å²) in [5.74, 6) is -0.976. The van der Waals surface area contributed by atoms with E-state index in [0.29, 0.717) is 35.6 Å². The maximum Gasteiger partial charge on any atom is 0.338 e. The molecule has 0 unspecified atom stereocenters. The van der Waals surface area contributed by atoms with Crippen molar-refractivity contribution in [3.63, 3.8) is 0 Å². The van der Waals surface area contributed by atoms with E-state index in [9.17, 15) is 18.0 Å². The second-order valence-corrected chi connectivity index (χ2v) is 8.83. The summed E-state index contributed by atoms with van der Waals surface area (Å²) in [5.41, 5.74) is 2.11. The van der Waals surface area contributed by atoms with Gasteiger partial charge in [-0.15, -0.1) is 0 Å². The molecule has 0 bridgehead atoms. The lowest BCUT2D eigenvalue weighted by atomic mass is 10.1. The molecule has 3 rings (SSSR count). The van der Waals surface area contributed by atoms with Crippen molar-refractivity contribution in [1.29, 1.82) is 0 Å². The Morgan fingerprint density at radius 1 is 1.10 bits per heavy atom. The predicted molar refractivity (Wildman–Crippen MR) is 111 cm³/mol. The maximum atomic E-state index is 13.0. The van der Waals surface area contributed by atoms with Gasteiger partial charge < -0.3 is 14.8 Å². The minimum Gasteiger partial charge on any atom is -0.465 e. The molecule has 0 aliphatic carbocycles. The van der Waals surface area contributed by atoms with E-state index in [4.69, 9.17) is 9.47 Å². The molecule has 1 saturated heterocycles. The van der Waals surface area contributed by atoms with Gasteiger partial charge in [0.2, 0.25) is 10.0 Å². The molecule has 1 fully saturated rings. The lowest BCUT2D eigenvalue weighted by Gasteiger charge is -2.26. The third-order valence-corrected chi connectivity index (χ3v) is 7.07. The first-order valence-electron chi connectivity index (χ1n) is 9.43. The monoisotopic (exact) mass is 432 g/mol. The minimum absolute atomic E-state index is 0.0945. The normalized spacial score (nSPS) is 14.9. The number of nitrogens with zero attached hydrogens (tertiary/aromatic N) is 1. The molecule has 0 spiro atoms. The van der Waals surface area contributed by atoms with E-state index in [2.05, 4.69) is 5.32 Å². The third kappa shape index (κ3) is 4.38. The number of hydrogen-bond acceptors (Lipinski definition) is 6. The lowest BCUT2D eigenvalue weighted by Crippen LogP contribution is -2.40. The van der Waals surface area contributed by atoms with Crippen LogP contribution in [0.2, 0.25) is 0 Å². The molecule has 1 N–H and O–H groups in total. The number of benzene rings is 2. The molecular weight excluding hydrogens is 408 g/mol. The standard InChI is InChI=1S/C21H24N2O6S/c1-14-7-8-16(13-19(14)30(26,27)23-9-11-29-12-10-23)20(24)22-18-6-4-5-17(15(18)2)21(25)28-3/h4-8,13H,9-12H2,1-3H3,(H,22,24). The van der Waals surface area contributed by atoms with Crippen molar-refractivity contribution in [2.45, 2.75) is 18.7 Å². The molecule has 1 aliphatic rings. The molecule has 1 heterocycles. The van der Waals surface area contributed by atoms with Crippen molar-refractivity contribution in [2.75, 3.05) is 38.7 Å². The van der Waals surface area contributed by atoms with Crippen LogP contribution in [0, 0.1) is 13.8 Å². The Balaban J connectivity index is 1.90. The third-order valence-electron chi connectivity index (χ3n) is 5.03. The summed E-state index contributed by atoms with van der Waals surface area (Å²) >= 11 is 0. The van der Waals surface area contributed by atoms with Crippen LogP contribution in [0.25, 0.3) is 0 Å². The molecule has 1 aliphatic heterocycles. The van der Waals surface area contributed by atoms with Crippen LogP contribution in [0.15, 0.2) is 41.3 Å². The maximum absolute atomic E-state index is 13.0. The van der Waals surface area contributed by atoms with Gasteiger partial charge in [0.15, 0.2) is 0 Å². The van der Waals surface area contributed by atoms with Gasteiger partial charge in [-0.05, 0) is 49.2 Å². The first-order chi connectivity index (χ1) is 14.3. The highest BCUT2D eigenvalue weighted by Gasteiger charge is 2.28. The number of methoxy groups -OCH3 is 1. The van der Waals surface area contributed by atoms with Crippen LogP contribution < -0.4 is 5.32 Å². The number of ether oxygens (including phenoxy) is 2. The first-order valence-corrected chi connectivity index (χ1v) is 10.9. The number of morpholine rings is 1. The number of carbonyl (C=O) groups is 2. The highest BCUT2D eigenvalue weighted by atomic mass is 32.2. The number of aryl methyl sites for hydroxylation is 1. The molecule has 8 nitrogen and oxygen atoms in total. The summed E-state index contributed by atoms with van der Waals surface area (Å²) in [4.78, 5) is 24.8. The molecule has 9 heteroatoms. The van der Waals surface area contributed by atoms with Crippen molar-refractivity contribution in [2.24, 2.45) is 0 Å². The Bertz CT molecular complexity index is 1070. The zero-order valence-electron chi connectivity index (χ0n) is 17.1. The van der Waals surface area contributed by atoms with E-state index in [-0.39, 0.29) is 23.5 Å². The van der Waals surface area contributed by atoms with Crippen LogP contribution in [-0.2, 0) is 19.5 Å². The summed E-state index contributed by atoms with van der Waals surface area (Å²) in [6.45, 7) is 4.63. The topological polar surface area (TPSA) is 102 Å². The van der Waals surface area contributed by atoms with Crippen LogP contribution in [0.4, 0.5) is 5.69 Å². The fourth-order valence-electron chi connectivity index (χ4n) is 3.24. The van der Waals surface area contributed by atoms with Gasteiger partial charge in [-0.2, -0.15) is 4.31 Å². The Morgan fingerprint density at radius 3 is 2.47 bits per heavy atom. The van der Waals surface area contributed by atoms with Gasteiger partial charge in [-0.3, -0.25) is 4.79 Å². The average molecular weight is 432 g/mol. The first kappa shape index (κ1) is 21.9. The summed E-state index contributed by atoms with van der Waals surface area (Å²) < 4.78 is 37.4. The fourth-order valence-corrected chi connectivity index (χ4v) is 4.90. The van der Waals surface area contributed by atoms with Gasteiger partial charge in [0.25, 0.3) is 5.91 Å². The number of sulfonamides is 1. The number of hydrogen-bond donors (Lipinski definition) is 1. The van der Waals surface area contributed by atoms with Crippen molar-refractivity contribution in [3.8, 4) is 0 Å². The largest absolute Gasteiger partial charge is 0.465 e. The number of esters is 1. The van der Waals surface area contributed by atoms with Crippen molar-refractivity contribution < 1.29 is 27.5 Å². The summed E-state index contributed by atoms with van der Waals surface area (Å²) in [6, 6.07) is 9.48. The smallest absolute Gasteiger partial charge is 0.338 e. The molecule has 160 valence electrons. The highest BCUT2D eigenvalue weighted by molar-refractivity contribution is 7.89. The Labute approximate surface area is 175 Å².